The van der Waals surface area contributed by atoms with E-state index in [4.69, 9.17) is 14.6 Å². The van der Waals surface area contributed by atoms with Crippen molar-refractivity contribution >= 4 is 10.0 Å². The first-order valence-corrected chi connectivity index (χ1v) is 7.29. The van der Waals surface area contributed by atoms with Gasteiger partial charge in [-0.1, -0.05) is 12.1 Å². The highest BCUT2D eigenvalue weighted by Gasteiger charge is 2.16. The highest BCUT2D eigenvalue weighted by atomic mass is 32.2. The second-order valence-electron chi connectivity index (χ2n) is 4.03. The van der Waals surface area contributed by atoms with Crippen LogP contribution in [-0.2, 0) is 21.4 Å². The quantitative estimate of drug-likeness (QED) is 0.905. The molecule has 0 saturated heterocycles. The van der Waals surface area contributed by atoms with Crippen molar-refractivity contribution in [1.82, 2.24) is 4.98 Å². The van der Waals surface area contributed by atoms with E-state index in [-0.39, 0.29) is 10.8 Å². The summed E-state index contributed by atoms with van der Waals surface area (Å²) >= 11 is 0. The third-order valence-electron chi connectivity index (χ3n) is 2.47. The number of benzene rings is 1. The van der Waals surface area contributed by atoms with Crippen LogP contribution in [0.25, 0.3) is 0 Å². The number of nitrogens with zero attached hydrogens (tertiary/aromatic N) is 1. The molecule has 6 nitrogen and oxygen atoms in total. The number of methoxy groups -OCH3 is 1. The van der Waals surface area contributed by atoms with Gasteiger partial charge in [0, 0.05) is 13.3 Å². The van der Waals surface area contributed by atoms with Crippen molar-refractivity contribution in [1.29, 1.82) is 0 Å². The van der Waals surface area contributed by atoms with Crippen molar-refractivity contribution < 1.29 is 17.9 Å². The van der Waals surface area contributed by atoms with Crippen molar-refractivity contribution in [3.8, 4) is 11.6 Å². The lowest BCUT2D eigenvalue weighted by molar-refractivity contribution is 0.184. The van der Waals surface area contributed by atoms with Gasteiger partial charge in [-0.3, -0.25) is 0 Å². The molecule has 20 heavy (non-hydrogen) atoms. The number of sulfonamides is 1. The first-order chi connectivity index (χ1) is 9.50. The van der Waals surface area contributed by atoms with Gasteiger partial charge in [0.05, 0.1) is 6.61 Å². The Morgan fingerprint density at radius 2 is 2.05 bits per heavy atom. The van der Waals surface area contributed by atoms with Gasteiger partial charge < -0.3 is 9.47 Å². The van der Waals surface area contributed by atoms with Crippen LogP contribution in [-0.4, -0.2) is 20.5 Å². The normalized spacial score (nSPS) is 11.3. The maximum absolute atomic E-state index is 11.5. The van der Waals surface area contributed by atoms with Gasteiger partial charge in [-0.15, -0.1) is 0 Å². The Kier molecular flexibility index (Phi) is 4.33. The first kappa shape index (κ1) is 14.4. The average Bonchev–Trinajstić information content (AvgIpc) is 2.39. The zero-order valence-corrected chi connectivity index (χ0v) is 11.6. The number of aromatic nitrogens is 1. The van der Waals surface area contributed by atoms with Crippen LogP contribution in [0.15, 0.2) is 47.5 Å². The second kappa shape index (κ2) is 6.00. The van der Waals surface area contributed by atoms with Crippen molar-refractivity contribution in [2.45, 2.75) is 11.5 Å². The molecular formula is C13H14N2O4S. The molecule has 0 saturated carbocycles. The second-order valence-corrected chi connectivity index (χ2v) is 5.56. The molecule has 2 aromatic rings. The van der Waals surface area contributed by atoms with Gasteiger partial charge in [-0.25, -0.2) is 18.5 Å². The van der Waals surface area contributed by atoms with Crippen LogP contribution >= 0.6 is 0 Å². The van der Waals surface area contributed by atoms with Gasteiger partial charge >= 0.3 is 0 Å². The fourth-order valence-corrected chi connectivity index (χ4v) is 2.25. The fourth-order valence-electron chi connectivity index (χ4n) is 1.65. The van der Waals surface area contributed by atoms with Crippen LogP contribution in [0, 0.1) is 0 Å². The molecule has 0 spiro atoms. The predicted molar refractivity (Wildman–Crippen MR) is 72.8 cm³/mol. The minimum Gasteiger partial charge on any atom is -0.438 e. The molecule has 0 atom stereocenters. The molecule has 0 amide bonds. The van der Waals surface area contributed by atoms with Gasteiger partial charge in [0.15, 0.2) is 0 Å². The van der Waals surface area contributed by atoms with Crippen LogP contribution in [0.3, 0.4) is 0 Å². The summed E-state index contributed by atoms with van der Waals surface area (Å²) in [4.78, 5) is 3.75. The Bertz CT molecular complexity index is 701. The molecule has 106 valence electrons. The topological polar surface area (TPSA) is 91.5 Å². The van der Waals surface area contributed by atoms with E-state index in [1.807, 2.05) is 6.07 Å². The summed E-state index contributed by atoms with van der Waals surface area (Å²) < 4.78 is 33.4. The molecule has 2 rings (SSSR count). The summed E-state index contributed by atoms with van der Waals surface area (Å²) in [6.07, 6.45) is 1.43. The van der Waals surface area contributed by atoms with Gasteiger partial charge in [0.1, 0.15) is 10.6 Å². The third kappa shape index (κ3) is 3.53. The monoisotopic (exact) mass is 294 g/mol. The Labute approximate surface area is 117 Å². The molecule has 0 unspecified atom stereocenters. The summed E-state index contributed by atoms with van der Waals surface area (Å²) in [5.41, 5.74) is 0.901. The fraction of sp³-hybridized carbons (Fsp3) is 0.154. The van der Waals surface area contributed by atoms with Gasteiger partial charge in [-0.2, -0.15) is 0 Å². The van der Waals surface area contributed by atoms with Crippen molar-refractivity contribution in [3.05, 3.63) is 48.2 Å². The molecule has 1 aromatic heterocycles. The third-order valence-corrected chi connectivity index (χ3v) is 3.39. The number of nitrogens with two attached hydrogens (primary N) is 1. The summed E-state index contributed by atoms with van der Waals surface area (Å²) in [7, 11) is -2.30. The molecule has 1 heterocycles. The standard InChI is InChI=1S/C13H14N2O4S/c1-18-9-10-4-2-5-11(8-10)19-13-12(20(14,16)17)6-3-7-15-13/h2-8H,9H2,1H3,(H2,14,16,17). The number of rotatable bonds is 5. The number of primary sulfonamides is 1. The molecule has 7 heteroatoms. The molecule has 0 aliphatic heterocycles. The summed E-state index contributed by atoms with van der Waals surface area (Å²) in [5.74, 6) is 0.410. The van der Waals surface area contributed by atoms with E-state index in [0.29, 0.717) is 12.4 Å². The Morgan fingerprint density at radius 3 is 2.75 bits per heavy atom. The molecule has 0 radical (unpaired) electrons. The van der Waals surface area contributed by atoms with E-state index in [9.17, 15) is 8.42 Å². The van der Waals surface area contributed by atoms with Crippen LogP contribution in [0.5, 0.6) is 11.6 Å². The summed E-state index contributed by atoms with van der Waals surface area (Å²) in [6.45, 7) is 0.432. The Hall–Kier alpha value is -1.96. The lowest BCUT2D eigenvalue weighted by atomic mass is 10.2. The lowest BCUT2D eigenvalue weighted by Gasteiger charge is -2.09. The Balaban J connectivity index is 2.33. The van der Waals surface area contributed by atoms with E-state index < -0.39 is 10.0 Å². The van der Waals surface area contributed by atoms with Gasteiger partial charge in [-0.05, 0) is 29.8 Å². The lowest BCUT2D eigenvalue weighted by Crippen LogP contribution is -2.13. The average molecular weight is 294 g/mol. The molecule has 0 aliphatic rings. The molecule has 0 bridgehead atoms. The van der Waals surface area contributed by atoms with Gasteiger partial charge in [0.25, 0.3) is 0 Å². The smallest absolute Gasteiger partial charge is 0.243 e. The van der Waals surface area contributed by atoms with Gasteiger partial charge in [0.2, 0.25) is 15.9 Å². The number of hydrogen-bond donors (Lipinski definition) is 1. The van der Waals surface area contributed by atoms with E-state index >= 15 is 0 Å². The minimum atomic E-state index is -3.89. The number of pyridine rings is 1. The maximum atomic E-state index is 11.5. The number of ether oxygens (including phenoxy) is 2. The van der Waals surface area contributed by atoms with Crippen LogP contribution < -0.4 is 9.88 Å². The van der Waals surface area contributed by atoms with Crippen molar-refractivity contribution in [3.63, 3.8) is 0 Å². The van der Waals surface area contributed by atoms with Crippen molar-refractivity contribution in [2.75, 3.05) is 7.11 Å². The summed E-state index contributed by atoms with van der Waals surface area (Å²) in [6, 6.07) is 9.91. The predicted octanol–water partition coefficient (Wildman–Crippen LogP) is 1.67. The van der Waals surface area contributed by atoms with Crippen LogP contribution in [0.4, 0.5) is 0 Å². The van der Waals surface area contributed by atoms with E-state index in [1.54, 1.807) is 25.3 Å². The molecule has 0 aliphatic carbocycles. The molecule has 1 aromatic carbocycles. The summed E-state index contributed by atoms with van der Waals surface area (Å²) in [5, 5.41) is 5.12. The SMILES string of the molecule is COCc1cccc(Oc2ncccc2S(N)(=O)=O)c1. The van der Waals surface area contributed by atoms with E-state index in [0.717, 1.165) is 5.56 Å². The Morgan fingerprint density at radius 1 is 1.25 bits per heavy atom. The maximum Gasteiger partial charge on any atom is 0.243 e. The van der Waals surface area contributed by atoms with E-state index in [2.05, 4.69) is 4.98 Å². The first-order valence-electron chi connectivity index (χ1n) is 5.74. The molecule has 2 N–H and O–H groups in total. The van der Waals surface area contributed by atoms with Crippen LogP contribution in [0.1, 0.15) is 5.56 Å². The zero-order valence-electron chi connectivity index (χ0n) is 10.8. The highest BCUT2D eigenvalue weighted by Crippen LogP contribution is 2.26. The van der Waals surface area contributed by atoms with Crippen molar-refractivity contribution in [2.24, 2.45) is 5.14 Å². The zero-order chi connectivity index (χ0) is 14.6. The number of hydrogen-bond acceptors (Lipinski definition) is 5. The molecule has 0 fully saturated rings. The highest BCUT2D eigenvalue weighted by molar-refractivity contribution is 7.89. The largest absolute Gasteiger partial charge is 0.438 e. The van der Waals surface area contributed by atoms with Crippen LogP contribution in [0.2, 0.25) is 0 Å². The molecular weight excluding hydrogens is 280 g/mol. The minimum absolute atomic E-state index is 0.0513. The van der Waals surface area contributed by atoms with E-state index in [1.165, 1.54) is 18.3 Å².